The van der Waals surface area contributed by atoms with Crippen LogP contribution in [-0.4, -0.2) is 41.1 Å². The zero-order valence-corrected chi connectivity index (χ0v) is 30.2. The van der Waals surface area contributed by atoms with Gasteiger partial charge >= 0.3 is 5.38 Å². The summed E-state index contributed by atoms with van der Waals surface area (Å²) >= 11 is 5.28. The van der Waals surface area contributed by atoms with Gasteiger partial charge in [-0.25, -0.2) is 19.9 Å². The van der Waals surface area contributed by atoms with Crippen molar-refractivity contribution in [1.82, 2.24) is 29.1 Å². The number of alkyl halides is 4. The van der Waals surface area contributed by atoms with E-state index in [4.69, 9.17) is 11.6 Å². The summed E-state index contributed by atoms with van der Waals surface area (Å²) in [4.78, 5) is 43.1. The molecule has 0 N–H and O–H groups in total. The SMILES string of the molecule is C.CC1(CF)CCc2nc3cc(C#Cc4ccccn4)ccc3c(=O)n2C1.CC1c2nc3cc(C#Cc4ccccn4)ccc3c(=O)n2CCC1C(F)(F)Cl. The molecule has 0 aliphatic carbocycles. The lowest BCUT2D eigenvalue weighted by atomic mass is 9.84. The summed E-state index contributed by atoms with van der Waals surface area (Å²) in [6.07, 6.45) is 4.79. The maximum absolute atomic E-state index is 13.7. The Balaban J connectivity index is 0.000000184. The van der Waals surface area contributed by atoms with Gasteiger partial charge in [0, 0.05) is 60.3 Å². The second-order valence-electron chi connectivity index (χ2n) is 13.9. The van der Waals surface area contributed by atoms with Gasteiger partial charge < -0.3 is 0 Å². The number of aromatic nitrogens is 6. The monoisotopic (exact) mass is 762 g/mol. The largest absolute Gasteiger partial charge is 0.325 e. The molecule has 8 nitrogen and oxygen atoms in total. The van der Waals surface area contributed by atoms with Crippen molar-refractivity contribution >= 4 is 33.4 Å². The first-order valence-electron chi connectivity index (χ1n) is 17.5. The normalized spacial score (nSPS) is 18.6. The zero-order valence-electron chi connectivity index (χ0n) is 29.5. The van der Waals surface area contributed by atoms with Crippen molar-refractivity contribution in [3.05, 3.63) is 140 Å². The molecule has 0 saturated carbocycles. The molecule has 0 fully saturated rings. The summed E-state index contributed by atoms with van der Waals surface area (Å²) in [5.41, 5.74) is 3.02. The highest BCUT2D eigenvalue weighted by molar-refractivity contribution is 6.21. The lowest BCUT2D eigenvalue weighted by Crippen LogP contribution is -2.39. The van der Waals surface area contributed by atoms with Gasteiger partial charge in [0.25, 0.3) is 11.1 Å². The van der Waals surface area contributed by atoms with E-state index in [0.717, 1.165) is 11.4 Å². The third-order valence-electron chi connectivity index (χ3n) is 9.93. The van der Waals surface area contributed by atoms with Gasteiger partial charge in [0.15, 0.2) is 0 Å². The molecular weight excluding hydrogens is 725 g/mol. The van der Waals surface area contributed by atoms with Crippen LogP contribution in [0.15, 0.2) is 94.8 Å². The lowest BCUT2D eigenvalue weighted by Gasteiger charge is -2.33. The molecule has 2 aliphatic rings. The van der Waals surface area contributed by atoms with E-state index in [2.05, 4.69) is 43.6 Å². The molecular formula is C43H38ClF3N6O2. The van der Waals surface area contributed by atoms with E-state index in [1.165, 1.54) is 4.57 Å². The fourth-order valence-corrected chi connectivity index (χ4v) is 7.15. The molecule has 55 heavy (non-hydrogen) atoms. The number of pyridine rings is 2. The van der Waals surface area contributed by atoms with Crippen LogP contribution in [0, 0.1) is 35.0 Å². The van der Waals surface area contributed by atoms with Gasteiger partial charge in [0.2, 0.25) is 0 Å². The Hall–Kier alpha value is -5.78. The van der Waals surface area contributed by atoms with Crippen molar-refractivity contribution in [2.45, 2.75) is 64.9 Å². The van der Waals surface area contributed by atoms with Gasteiger partial charge in [-0.15, -0.1) is 0 Å². The Kier molecular flexibility index (Phi) is 11.3. The number of aryl methyl sites for hydroxylation is 1. The average molecular weight is 763 g/mol. The van der Waals surface area contributed by atoms with Crippen LogP contribution in [0.1, 0.15) is 74.2 Å². The molecule has 3 atom stereocenters. The minimum Gasteiger partial charge on any atom is -0.296 e. The molecule has 6 heterocycles. The first-order valence-corrected chi connectivity index (χ1v) is 17.9. The minimum absolute atomic E-state index is 0. The molecule has 6 aromatic rings. The smallest absolute Gasteiger partial charge is 0.296 e. The molecule has 0 radical (unpaired) electrons. The highest BCUT2D eigenvalue weighted by Crippen LogP contribution is 2.43. The van der Waals surface area contributed by atoms with Crippen LogP contribution in [0.2, 0.25) is 0 Å². The number of hydrogen-bond acceptors (Lipinski definition) is 6. The Morgan fingerprint density at radius 3 is 1.93 bits per heavy atom. The zero-order chi connectivity index (χ0) is 38.0. The summed E-state index contributed by atoms with van der Waals surface area (Å²) in [5, 5.41) is -2.36. The fourth-order valence-electron chi connectivity index (χ4n) is 6.85. The van der Waals surface area contributed by atoms with E-state index < -0.39 is 29.3 Å². The van der Waals surface area contributed by atoms with E-state index >= 15 is 0 Å². The van der Waals surface area contributed by atoms with Crippen LogP contribution in [0.3, 0.4) is 0 Å². The molecule has 3 unspecified atom stereocenters. The first-order chi connectivity index (χ1) is 25.9. The Labute approximate surface area is 321 Å². The van der Waals surface area contributed by atoms with E-state index in [-0.39, 0.29) is 31.5 Å². The van der Waals surface area contributed by atoms with Crippen LogP contribution in [0.5, 0.6) is 0 Å². The summed E-state index contributed by atoms with van der Waals surface area (Å²) < 4.78 is 43.9. The summed E-state index contributed by atoms with van der Waals surface area (Å²) in [6.45, 7) is 3.63. The topological polar surface area (TPSA) is 95.6 Å². The van der Waals surface area contributed by atoms with Crippen molar-refractivity contribution < 1.29 is 13.2 Å². The van der Waals surface area contributed by atoms with Crippen molar-refractivity contribution in [3.63, 3.8) is 0 Å². The van der Waals surface area contributed by atoms with Gasteiger partial charge in [-0.05, 0) is 96.9 Å². The lowest BCUT2D eigenvalue weighted by molar-refractivity contribution is 0.00290. The van der Waals surface area contributed by atoms with Crippen molar-refractivity contribution in [1.29, 1.82) is 0 Å². The second kappa shape index (κ2) is 15.9. The van der Waals surface area contributed by atoms with Gasteiger partial charge in [-0.3, -0.25) is 23.1 Å². The molecule has 4 aromatic heterocycles. The molecule has 0 bridgehead atoms. The van der Waals surface area contributed by atoms with E-state index in [9.17, 15) is 22.8 Å². The molecule has 0 saturated heterocycles. The highest BCUT2D eigenvalue weighted by atomic mass is 35.5. The fraction of sp³-hybridized carbons (Fsp3) is 0.302. The molecule has 0 spiro atoms. The predicted molar refractivity (Wildman–Crippen MR) is 209 cm³/mol. The number of hydrogen-bond donors (Lipinski definition) is 0. The number of rotatable bonds is 2. The van der Waals surface area contributed by atoms with Gasteiger partial charge in [0.05, 0.1) is 28.5 Å². The van der Waals surface area contributed by atoms with E-state index in [1.807, 2.05) is 43.3 Å². The third kappa shape index (κ3) is 8.33. The number of halogens is 4. The molecule has 280 valence electrons. The van der Waals surface area contributed by atoms with Crippen molar-refractivity contribution in [3.8, 4) is 23.7 Å². The maximum atomic E-state index is 13.7. The van der Waals surface area contributed by atoms with Crippen LogP contribution in [-0.2, 0) is 19.5 Å². The van der Waals surface area contributed by atoms with Gasteiger partial charge in [0.1, 0.15) is 23.0 Å². The van der Waals surface area contributed by atoms with Crippen LogP contribution in [0.25, 0.3) is 21.8 Å². The Morgan fingerprint density at radius 1 is 0.836 bits per heavy atom. The number of nitrogens with zero attached hydrogens (tertiary/aromatic N) is 6. The quantitative estimate of drug-likeness (QED) is 0.132. The second-order valence-corrected chi connectivity index (χ2v) is 14.4. The van der Waals surface area contributed by atoms with Crippen LogP contribution < -0.4 is 11.1 Å². The molecule has 2 aromatic carbocycles. The summed E-state index contributed by atoms with van der Waals surface area (Å²) in [6, 6.07) is 21.5. The third-order valence-corrected chi connectivity index (χ3v) is 10.2. The van der Waals surface area contributed by atoms with Crippen molar-refractivity contribution in [2.75, 3.05) is 6.67 Å². The average Bonchev–Trinajstić information content (AvgIpc) is 3.18. The molecule has 12 heteroatoms. The predicted octanol–water partition coefficient (Wildman–Crippen LogP) is 7.90. The minimum atomic E-state index is -3.34. The summed E-state index contributed by atoms with van der Waals surface area (Å²) in [7, 11) is 0. The highest BCUT2D eigenvalue weighted by Gasteiger charge is 2.44. The Morgan fingerprint density at radius 2 is 1.40 bits per heavy atom. The summed E-state index contributed by atoms with van der Waals surface area (Å²) in [5.74, 6) is 11.4. The van der Waals surface area contributed by atoms with Crippen molar-refractivity contribution in [2.24, 2.45) is 11.3 Å². The molecule has 2 aliphatic heterocycles. The molecule has 0 amide bonds. The Bertz CT molecular complexity index is 2620. The van der Waals surface area contributed by atoms with Crippen LogP contribution >= 0.6 is 11.6 Å². The van der Waals surface area contributed by atoms with E-state index in [0.29, 0.717) is 64.0 Å². The van der Waals surface area contributed by atoms with Crippen LogP contribution in [0.4, 0.5) is 13.2 Å². The molecule has 8 rings (SSSR count). The van der Waals surface area contributed by atoms with Gasteiger partial charge in [-0.2, -0.15) is 8.78 Å². The number of fused-ring (bicyclic) bond motifs is 4. The standard InChI is InChI=1S/C21H16ClF2N3O.C21H18FN3O.CH4/c1-13-17(21(22,23)24)9-11-27-19(13)26-18-12-14(6-8-16(18)20(27)28)5-7-15-4-2-3-10-25-15;1-21(13-22)10-9-19-24-18-12-15(5-7-16-4-2-3-11-23-16)6-8-17(18)20(26)25(19)14-21;/h2-4,6,8,10,12-13,17H,9,11H2,1H3;2-4,6,8,11-12H,9-10,13-14H2,1H3;1H4. The first kappa shape index (κ1) is 38.9. The maximum Gasteiger partial charge on any atom is 0.325 e. The van der Waals surface area contributed by atoms with Gasteiger partial charge in [-0.1, -0.05) is 45.2 Å². The number of benzene rings is 2. The van der Waals surface area contributed by atoms with E-state index in [1.54, 1.807) is 60.3 Å².